The van der Waals surface area contributed by atoms with Gasteiger partial charge in [-0.2, -0.15) is 0 Å². The quantitative estimate of drug-likeness (QED) is 0.695. The molecule has 0 atom stereocenters. The third kappa shape index (κ3) is 8.02. The monoisotopic (exact) mass is 387 g/mol. The van der Waals surface area contributed by atoms with E-state index in [4.69, 9.17) is 0 Å². The van der Waals surface area contributed by atoms with Gasteiger partial charge < -0.3 is 9.80 Å². The van der Waals surface area contributed by atoms with Crippen LogP contribution in [0.25, 0.3) is 0 Å². The fourth-order valence-corrected chi connectivity index (χ4v) is 4.15. The molecule has 2 heterocycles. The van der Waals surface area contributed by atoms with Crippen LogP contribution < -0.4 is 0 Å². The molecule has 0 aliphatic carbocycles. The molecule has 2 aliphatic heterocycles. The Labute approximate surface area is 164 Å². The van der Waals surface area contributed by atoms with E-state index in [1.165, 1.54) is 0 Å². The molecule has 1 amide bonds. The minimum absolute atomic E-state index is 0.0314. The third-order valence-electron chi connectivity index (χ3n) is 5.68. The molecule has 2 saturated heterocycles. The van der Waals surface area contributed by atoms with E-state index in [-0.39, 0.29) is 29.6 Å². The van der Waals surface area contributed by atoms with E-state index in [1.54, 1.807) is 0 Å². The summed E-state index contributed by atoms with van der Waals surface area (Å²) in [6.45, 7) is 17.3. The molecule has 2 fully saturated rings. The second-order valence-corrected chi connectivity index (χ2v) is 10.5. The van der Waals surface area contributed by atoms with Crippen LogP contribution in [0, 0.1) is 10.8 Å². The van der Waals surface area contributed by atoms with Crippen LogP contribution in [-0.4, -0.2) is 78.9 Å². The molecule has 0 N–H and O–H groups in total. The number of amides is 1. The molecule has 2 aliphatic rings. The molecule has 0 spiro atoms. The molecule has 0 unspecified atom stereocenters. The highest BCUT2D eigenvalue weighted by atomic mass is 19.3. The topological polar surface area (TPSA) is 26.8 Å². The molecule has 0 bridgehead atoms. The van der Waals surface area contributed by atoms with Gasteiger partial charge in [0.05, 0.1) is 0 Å². The summed E-state index contributed by atoms with van der Waals surface area (Å²) in [6.07, 6.45) is 1.28. The maximum atomic E-state index is 13.3. The number of piperidine rings is 1. The number of halogens is 2. The van der Waals surface area contributed by atoms with Crippen LogP contribution in [0.3, 0.4) is 0 Å². The second-order valence-electron chi connectivity index (χ2n) is 10.5. The summed E-state index contributed by atoms with van der Waals surface area (Å²) in [5, 5.41) is 0. The number of hydrogen-bond acceptors (Lipinski definition) is 3. The lowest BCUT2D eigenvalue weighted by atomic mass is 9.86. The van der Waals surface area contributed by atoms with Gasteiger partial charge in [-0.1, -0.05) is 34.6 Å². The van der Waals surface area contributed by atoms with Crippen LogP contribution in [0.1, 0.15) is 60.3 Å². The van der Waals surface area contributed by atoms with Crippen molar-refractivity contribution < 1.29 is 13.6 Å². The average molecular weight is 388 g/mol. The Morgan fingerprint density at radius 2 is 1.37 bits per heavy atom. The lowest BCUT2D eigenvalue weighted by Crippen LogP contribution is -2.50. The van der Waals surface area contributed by atoms with Gasteiger partial charge >= 0.3 is 0 Å². The molecule has 0 saturated carbocycles. The molecule has 27 heavy (non-hydrogen) atoms. The molecule has 6 heteroatoms. The molecule has 4 nitrogen and oxygen atoms in total. The highest BCUT2D eigenvalue weighted by molar-refractivity contribution is 5.76. The SMILES string of the molecule is CC(C)(C)CN1CCN(C(=O)CCC(C)(C)CN2CCC(F)(F)CC2)CC1. The number of nitrogens with zero attached hydrogens (tertiary/aromatic N) is 3. The molecule has 0 aromatic carbocycles. The molecule has 0 aromatic heterocycles. The van der Waals surface area contributed by atoms with Crippen molar-refractivity contribution in [1.29, 1.82) is 0 Å². The first-order valence-corrected chi connectivity index (χ1v) is 10.5. The number of carbonyl (C=O) groups excluding carboxylic acids is 1. The summed E-state index contributed by atoms with van der Waals surface area (Å²) in [4.78, 5) is 19.2. The maximum absolute atomic E-state index is 13.3. The van der Waals surface area contributed by atoms with Crippen LogP contribution in [0.15, 0.2) is 0 Å². The molecule has 158 valence electrons. The van der Waals surface area contributed by atoms with E-state index in [2.05, 4.69) is 44.4 Å². The Bertz CT molecular complexity index is 484. The van der Waals surface area contributed by atoms with Gasteiger partial charge in [0.25, 0.3) is 5.92 Å². The van der Waals surface area contributed by atoms with Gasteiger partial charge in [0, 0.05) is 71.6 Å². The third-order valence-corrected chi connectivity index (χ3v) is 5.68. The van der Waals surface area contributed by atoms with Crippen molar-refractivity contribution in [2.45, 2.75) is 66.2 Å². The predicted molar refractivity (Wildman–Crippen MR) is 106 cm³/mol. The van der Waals surface area contributed by atoms with Gasteiger partial charge in [0.15, 0.2) is 0 Å². The summed E-state index contributed by atoms with van der Waals surface area (Å²) in [6, 6.07) is 0. The van der Waals surface area contributed by atoms with Gasteiger partial charge in [-0.15, -0.1) is 0 Å². The predicted octanol–water partition coefficient (Wildman–Crippen LogP) is 3.71. The van der Waals surface area contributed by atoms with E-state index in [0.717, 1.165) is 45.7 Å². The fraction of sp³-hybridized carbons (Fsp3) is 0.952. The zero-order chi connectivity index (χ0) is 20.3. The van der Waals surface area contributed by atoms with Crippen molar-refractivity contribution in [2.75, 3.05) is 52.4 Å². The largest absolute Gasteiger partial charge is 0.340 e. The maximum Gasteiger partial charge on any atom is 0.250 e. The molecule has 0 aromatic rings. The number of carbonyl (C=O) groups is 1. The Kier molecular flexibility index (Phi) is 7.28. The van der Waals surface area contributed by atoms with E-state index in [1.807, 2.05) is 4.90 Å². The average Bonchev–Trinajstić information content (AvgIpc) is 2.54. The highest BCUT2D eigenvalue weighted by Gasteiger charge is 2.35. The first-order valence-electron chi connectivity index (χ1n) is 10.5. The summed E-state index contributed by atoms with van der Waals surface area (Å²) < 4.78 is 26.6. The number of likely N-dealkylation sites (tertiary alicyclic amines) is 1. The zero-order valence-corrected chi connectivity index (χ0v) is 18.0. The van der Waals surface area contributed by atoms with Crippen molar-refractivity contribution in [2.24, 2.45) is 10.8 Å². The molecule has 2 rings (SSSR count). The van der Waals surface area contributed by atoms with Crippen LogP contribution in [-0.2, 0) is 4.79 Å². The van der Waals surface area contributed by atoms with Crippen LogP contribution in [0.5, 0.6) is 0 Å². The van der Waals surface area contributed by atoms with Gasteiger partial charge in [-0.05, 0) is 17.3 Å². The van der Waals surface area contributed by atoms with Crippen LogP contribution in [0.2, 0.25) is 0 Å². The van der Waals surface area contributed by atoms with Crippen LogP contribution >= 0.6 is 0 Å². The van der Waals surface area contributed by atoms with Gasteiger partial charge in [-0.25, -0.2) is 8.78 Å². The smallest absolute Gasteiger partial charge is 0.250 e. The minimum atomic E-state index is -2.49. The van der Waals surface area contributed by atoms with Crippen molar-refractivity contribution in [3.63, 3.8) is 0 Å². The summed E-state index contributed by atoms with van der Waals surface area (Å²) in [5.41, 5.74) is 0.255. The van der Waals surface area contributed by atoms with E-state index >= 15 is 0 Å². The zero-order valence-electron chi connectivity index (χ0n) is 18.0. The van der Waals surface area contributed by atoms with Crippen LogP contribution in [0.4, 0.5) is 8.78 Å². The van der Waals surface area contributed by atoms with E-state index in [0.29, 0.717) is 19.5 Å². The molecule has 0 radical (unpaired) electrons. The van der Waals surface area contributed by atoms with Crippen molar-refractivity contribution in [3.8, 4) is 0 Å². The Balaban J connectivity index is 1.70. The van der Waals surface area contributed by atoms with Gasteiger partial charge in [0.1, 0.15) is 0 Å². The number of alkyl halides is 2. The van der Waals surface area contributed by atoms with Gasteiger partial charge in [0.2, 0.25) is 5.91 Å². The lowest BCUT2D eigenvalue weighted by molar-refractivity contribution is -0.133. The first kappa shape index (κ1) is 22.5. The highest BCUT2D eigenvalue weighted by Crippen LogP contribution is 2.31. The Hall–Kier alpha value is -0.750. The number of rotatable bonds is 6. The van der Waals surface area contributed by atoms with Gasteiger partial charge in [-0.3, -0.25) is 9.69 Å². The summed E-state index contributed by atoms with van der Waals surface area (Å²) >= 11 is 0. The lowest BCUT2D eigenvalue weighted by Gasteiger charge is -2.39. The first-order chi connectivity index (χ1) is 12.4. The fourth-order valence-electron chi connectivity index (χ4n) is 4.15. The molecular formula is C21H39F2N3O. The van der Waals surface area contributed by atoms with Crippen molar-refractivity contribution >= 4 is 5.91 Å². The summed E-state index contributed by atoms with van der Waals surface area (Å²) in [5.74, 6) is -2.25. The Morgan fingerprint density at radius 3 is 1.89 bits per heavy atom. The standard InChI is InChI=1S/C21H39F2N3O/c1-19(2,3)16-25-12-14-26(15-13-25)18(27)6-7-20(4,5)17-24-10-8-21(22,23)9-11-24/h6-17H2,1-5H3. The molecular weight excluding hydrogens is 348 g/mol. The van der Waals surface area contributed by atoms with E-state index < -0.39 is 5.92 Å². The number of piperazine rings is 1. The Morgan fingerprint density at radius 1 is 0.852 bits per heavy atom. The second kappa shape index (κ2) is 8.73. The van der Waals surface area contributed by atoms with Crippen molar-refractivity contribution in [3.05, 3.63) is 0 Å². The summed E-state index contributed by atoms with van der Waals surface area (Å²) in [7, 11) is 0. The normalized spacial score (nSPS) is 22.9. The van der Waals surface area contributed by atoms with Crippen molar-refractivity contribution in [1.82, 2.24) is 14.7 Å². The minimum Gasteiger partial charge on any atom is -0.340 e. The van der Waals surface area contributed by atoms with E-state index in [9.17, 15) is 13.6 Å². The number of hydrogen-bond donors (Lipinski definition) is 0.